The van der Waals surface area contributed by atoms with Gasteiger partial charge >= 0.3 is 0 Å². The lowest BCUT2D eigenvalue weighted by molar-refractivity contribution is 0.498. The maximum absolute atomic E-state index is 5.95. The van der Waals surface area contributed by atoms with Gasteiger partial charge in [0.1, 0.15) is 18.0 Å². The molecule has 2 saturated heterocycles. The monoisotopic (exact) mass is 261 g/mol. The smallest absolute Gasteiger partial charge is 0.134 e. The molecule has 0 aromatic carbocycles. The number of piperidine rings is 2. The van der Waals surface area contributed by atoms with Crippen LogP contribution in [0.2, 0.25) is 0 Å². The highest BCUT2D eigenvalue weighted by atomic mass is 15.2. The predicted octanol–water partition coefficient (Wildman–Crippen LogP) is 1.39. The van der Waals surface area contributed by atoms with E-state index in [1.165, 1.54) is 19.3 Å². The van der Waals surface area contributed by atoms with E-state index in [1.54, 1.807) is 6.33 Å². The van der Waals surface area contributed by atoms with Crippen molar-refractivity contribution >= 4 is 11.6 Å². The van der Waals surface area contributed by atoms with Gasteiger partial charge in [-0.05, 0) is 32.1 Å². The second-order valence-electron chi connectivity index (χ2n) is 5.61. The molecule has 19 heavy (non-hydrogen) atoms. The van der Waals surface area contributed by atoms with E-state index >= 15 is 0 Å². The molecule has 2 N–H and O–H groups in total. The van der Waals surface area contributed by atoms with Crippen LogP contribution >= 0.6 is 0 Å². The summed E-state index contributed by atoms with van der Waals surface area (Å²) in [5.41, 5.74) is 5.95. The van der Waals surface area contributed by atoms with Crippen molar-refractivity contribution in [1.29, 1.82) is 0 Å². The van der Waals surface area contributed by atoms with Crippen molar-refractivity contribution < 1.29 is 0 Å². The average molecular weight is 261 g/mol. The van der Waals surface area contributed by atoms with E-state index in [9.17, 15) is 0 Å². The molecule has 0 radical (unpaired) electrons. The third kappa shape index (κ3) is 2.97. The van der Waals surface area contributed by atoms with E-state index in [4.69, 9.17) is 5.73 Å². The molecule has 3 heterocycles. The van der Waals surface area contributed by atoms with Gasteiger partial charge in [0, 0.05) is 38.3 Å². The van der Waals surface area contributed by atoms with Crippen LogP contribution in [-0.2, 0) is 0 Å². The van der Waals surface area contributed by atoms with Gasteiger partial charge in [-0.15, -0.1) is 0 Å². The number of nitrogens with two attached hydrogens (primary N) is 1. The molecule has 104 valence electrons. The summed E-state index contributed by atoms with van der Waals surface area (Å²) >= 11 is 0. The number of aromatic nitrogens is 2. The fourth-order valence-corrected chi connectivity index (χ4v) is 2.93. The normalized spacial score (nSPS) is 21.7. The Bertz CT molecular complexity index is 408. The number of hydrogen-bond donors (Lipinski definition) is 1. The van der Waals surface area contributed by atoms with Gasteiger partial charge in [-0.1, -0.05) is 0 Å². The topological polar surface area (TPSA) is 58.3 Å². The molecular formula is C14H23N5. The standard InChI is InChI=1S/C14H23N5/c15-12-4-8-19(9-5-12)14-10-13(16-11-17-14)18-6-2-1-3-7-18/h10-12H,1-9,15H2. The number of rotatable bonds is 2. The van der Waals surface area contributed by atoms with Crippen molar-refractivity contribution in [1.82, 2.24) is 9.97 Å². The van der Waals surface area contributed by atoms with Crippen LogP contribution in [0.4, 0.5) is 11.6 Å². The van der Waals surface area contributed by atoms with Crippen LogP contribution in [0.15, 0.2) is 12.4 Å². The minimum Gasteiger partial charge on any atom is -0.356 e. The van der Waals surface area contributed by atoms with Crippen molar-refractivity contribution in [2.75, 3.05) is 36.0 Å². The minimum absolute atomic E-state index is 0.361. The van der Waals surface area contributed by atoms with Gasteiger partial charge in [0.25, 0.3) is 0 Å². The zero-order chi connectivity index (χ0) is 13.1. The molecule has 1 aromatic heterocycles. The first kappa shape index (κ1) is 12.7. The summed E-state index contributed by atoms with van der Waals surface area (Å²) in [5, 5.41) is 0. The molecule has 2 fully saturated rings. The first-order valence-electron chi connectivity index (χ1n) is 7.40. The van der Waals surface area contributed by atoms with Crippen molar-refractivity contribution in [3.8, 4) is 0 Å². The summed E-state index contributed by atoms with van der Waals surface area (Å²) in [6.07, 6.45) is 7.72. The van der Waals surface area contributed by atoms with E-state index < -0.39 is 0 Å². The maximum Gasteiger partial charge on any atom is 0.134 e. The van der Waals surface area contributed by atoms with Gasteiger partial charge in [-0.2, -0.15) is 0 Å². The van der Waals surface area contributed by atoms with Crippen LogP contribution in [0, 0.1) is 0 Å². The Morgan fingerprint density at radius 3 is 2.11 bits per heavy atom. The van der Waals surface area contributed by atoms with E-state index in [0.717, 1.165) is 50.7 Å². The number of nitrogens with zero attached hydrogens (tertiary/aromatic N) is 4. The minimum atomic E-state index is 0.361. The SMILES string of the molecule is NC1CCN(c2cc(N3CCCCC3)ncn2)CC1. The summed E-state index contributed by atoms with van der Waals surface area (Å²) < 4.78 is 0. The molecule has 1 aromatic rings. The molecule has 5 heteroatoms. The quantitative estimate of drug-likeness (QED) is 0.872. The molecule has 0 amide bonds. The van der Waals surface area contributed by atoms with Crippen LogP contribution in [0.5, 0.6) is 0 Å². The van der Waals surface area contributed by atoms with Crippen LogP contribution in [-0.4, -0.2) is 42.2 Å². The number of hydrogen-bond acceptors (Lipinski definition) is 5. The fourth-order valence-electron chi connectivity index (χ4n) is 2.93. The Labute approximate surface area is 114 Å². The highest BCUT2D eigenvalue weighted by molar-refractivity contribution is 5.50. The zero-order valence-corrected chi connectivity index (χ0v) is 11.5. The Hall–Kier alpha value is -1.36. The second-order valence-corrected chi connectivity index (χ2v) is 5.61. The fraction of sp³-hybridized carbons (Fsp3) is 0.714. The van der Waals surface area contributed by atoms with Crippen molar-refractivity contribution in [2.24, 2.45) is 5.73 Å². The summed E-state index contributed by atoms with van der Waals surface area (Å²) in [6.45, 7) is 4.28. The molecule has 0 atom stereocenters. The molecule has 2 aliphatic heterocycles. The highest BCUT2D eigenvalue weighted by Gasteiger charge is 2.19. The molecule has 0 aliphatic carbocycles. The zero-order valence-electron chi connectivity index (χ0n) is 11.5. The number of anilines is 2. The first-order chi connectivity index (χ1) is 9.33. The Kier molecular flexibility index (Phi) is 3.82. The largest absolute Gasteiger partial charge is 0.356 e. The molecule has 2 aliphatic rings. The summed E-state index contributed by atoms with van der Waals surface area (Å²) in [7, 11) is 0. The third-order valence-electron chi connectivity index (χ3n) is 4.18. The molecular weight excluding hydrogens is 238 g/mol. The van der Waals surface area contributed by atoms with Crippen molar-refractivity contribution in [3.05, 3.63) is 12.4 Å². The van der Waals surface area contributed by atoms with Crippen LogP contribution in [0.1, 0.15) is 32.1 Å². The highest BCUT2D eigenvalue weighted by Crippen LogP contribution is 2.23. The van der Waals surface area contributed by atoms with Gasteiger partial charge in [-0.25, -0.2) is 9.97 Å². The molecule has 0 saturated carbocycles. The Balaban J connectivity index is 1.72. The Morgan fingerprint density at radius 1 is 0.895 bits per heavy atom. The van der Waals surface area contributed by atoms with E-state index in [1.807, 2.05) is 0 Å². The van der Waals surface area contributed by atoms with Crippen LogP contribution in [0.3, 0.4) is 0 Å². The van der Waals surface area contributed by atoms with Gasteiger partial charge in [-0.3, -0.25) is 0 Å². The molecule has 0 spiro atoms. The van der Waals surface area contributed by atoms with Crippen molar-refractivity contribution in [3.63, 3.8) is 0 Å². The predicted molar refractivity (Wildman–Crippen MR) is 77.5 cm³/mol. The average Bonchev–Trinajstić information content (AvgIpc) is 2.49. The van der Waals surface area contributed by atoms with Crippen LogP contribution < -0.4 is 15.5 Å². The lowest BCUT2D eigenvalue weighted by atomic mass is 10.1. The molecule has 5 nitrogen and oxygen atoms in total. The van der Waals surface area contributed by atoms with Crippen LogP contribution in [0.25, 0.3) is 0 Å². The van der Waals surface area contributed by atoms with E-state index in [0.29, 0.717) is 6.04 Å². The summed E-state index contributed by atoms with van der Waals surface area (Å²) in [6, 6.07) is 2.50. The van der Waals surface area contributed by atoms with E-state index in [-0.39, 0.29) is 0 Å². The molecule has 3 rings (SSSR count). The summed E-state index contributed by atoms with van der Waals surface area (Å²) in [4.78, 5) is 13.6. The molecule has 0 bridgehead atoms. The Morgan fingerprint density at radius 2 is 1.47 bits per heavy atom. The maximum atomic E-state index is 5.95. The second kappa shape index (κ2) is 5.74. The van der Waals surface area contributed by atoms with Gasteiger partial charge < -0.3 is 15.5 Å². The summed E-state index contributed by atoms with van der Waals surface area (Å²) in [5.74, 6) is 2.14. The van der Waals surface area contributed by atoms with Gasteiger partial charge in [0.15, 0.2) is 0 Å². The van der Waals surface area contributed by atoms with Crippen molar-refractivity contribution in [2.45, 2.75) is 38.1 Å². The first-order valence-corrected chi connectivity index (χ1v) is 7.40. The van der Waals surface area contributed by atoms with Gasteiger partial charge in [0.05, 0.1) is 0 Å². The lowest BCUT2D eigenvalue weighted by Crippen LogP contribution is -2.40. The van der Waals surface area contributed by atoms with E-state index in [2.05, 4.69) is 25.8 Å². The van der Waals surface area contributed by atoms with Gasteiger partial charge in [0.2, 0.25) is 0 Å². The molecule has 0 unspecified atom stereocenters. The lowest BCUT2D eigenvalue weighted by Gasteiger charge is -2.32. The third-order valence-corrected chi connectivity index (χ3v) is 4.18.